The number of aliphatic hydroxyl groups is 1. The summed E-state index contributed by atoms with van der Waals surface area (Å²) in [7, 11) is 0. The number of hydrogen-bond donors (Lipinski definition) is 1. The van der Waals surface area contributed by atoms with Gasteiger partial charge < -0.3 is 5.11 Å². The van der Waals surface area contributed by atoms with Gasteiger partial charge in [0.2, 0.25) is 0 Å². The molecular weight excluding hydrogens is 310 g/mol. The average molecular weight is 328 g/mol. The van der Waals surface area contributed by atoms with E-state index in [2.05, 4.69) is 14.9 Å². The van der Waals surface area contributed by atoms with Crippen molar-refractivity contribution in [1.29, 1.82) is 0 Å². The Kier molecular flexibility index (Phi) is 5.18. The lowest BCUT2D eigenvalue weighted by molar-refractivity contribution is 0.184. The summed E-state index contributed by atoms with van der Waals surface area (Å²) in [6, 6.07) is 11.7. The molecule has 2 heterocycles. The lowest BCUT2D eigenvalue weighted by Crippen LogP contribution is -2.26. The molecule has 0 aliphatic carbocycles. The molecule has 3 aromatic rings. The first-order chi connectivity index (χ1) is 11.3. The molecule has 0 atom stereocenters. The molecule has 0 radical (unpaired) electrons. The Labute approximate surface area is 140 Å². The molecule has 0 saturated carbocycles. The highest BCUT2D eigenvalue weighted by molar-refractivity contribution is 6.31. The summed E-state index contributed by atoms with van der Waals surface area (Å²) >= 11 is 6.13. The van der Waals surface area contributed by atoms with E-state index in [0.717, 1.165) is 35.1 Å². The fraction of sp³-hybridized carbons (Fsp3) is 0.222. The molecule has 23 heavy (non-hydrogen) atoms. The Morgan fingerprint density at radius 3 is 2.78 bits per heavy atom. The van der Waals surface area contributed by atoms with E-state index in [1.807, 2.05) is 48.8 Å². The third-order valence-electron chi connectivity index (χ3n) is 3.73. The smallest absolute Gasteiger partial charge is 0.0706 e. The Bertz CT molecular complexity index is 780. The minimum absolute atomic E-state index is 0.115. The summed E-state index contributed by atoms with van der Waals surface area (Å²) in [6.07, 6.45) is 5.43. The van der Waals surface area contributed by atoms with Gasteiger partial charge in [0.25, 0.3) is 0 Å². The number of pyridine rings is 2. The van der Waals surface area contributed by atoms with Crippen LogP contribution in [-0.4, -0.2) is 33.1 Å². The van der Waals surface area contributed by atoms with Crippen molar-refractivity contribution in [3.05, 3.63) is 71.1 Å². The number of halogens is 1. The number of aromatic nitrogens is 2. The number of benzene rings is 1. The van der Waals surface area contributed by atoms with Crippen LogP contribution in [0.5, 0.6) is 0 Å². The van der Waals surface area contributed by atoms with E-state index in [9.17, 15) is 5.11 Å². The van der Waals surface area contributed by atoms with Crippen molar-refractivity contribution in [1.82, 2.24) is 14.9 Å². The third-order valence-corrected chi connectivity index (χ3v) is 3.97. The van der Waals surface area contributed by atoms with Crippen LogP contribution in [0.4, 0.5) is 0 Å². The fourth-order valence-corrected chi connectivity index (χ4v) is 2.83. The van der Waals surface area contributed by atoms with Gasteiger partial charge in [0, 0.05) is 48.6 Å². The van der Waals surface area contributed by atoms with Crippen molar-refractivity contribution >= 4 is 22.5 Å². The standard InChI is InChI=1S/C18H18ClN3O/c19-16-3-4-18-17(10-16)15(5-7-21-18)13-22(8-9-23)12-14-2-1-6-20-11-14/h1-7,10-11,23H,8-9,12-13H2. The molecule has 5 heteroatoms. The second-order valence-electron chi connectivity index (χ2n) is 5.43. The summed E-state index contributed by atoms with van der Waals surface area (Å²) < 4.78 is 0. The van der Waals surface area contributed by atoms with Gasteiger partial charge in [-0.15, -0.1) is 0 Å². The van der Waals surface area contributed by atoms with Gasteiger partial charge in [0.1, 0.15) is 0 Å². The van der Waals surface area contributed by atoms with Crippen LogP contribution in [-0.2, 0) is 13.1 Å². The zero-order valence-electron chi connectivity index (χ0n) is 12.7. The zero-order chi connectivity index (χ0) is 16.1. The summed E-state index contributed by atoms with van der Waals surface area (Å²) in [5.74, 6) is 0. The van der Waals surface area contributed by atoms with E-state index >= 15 is 0 Å². The highest BCUT2D eigenvalue weighted by atomic mass is 35.5. The van der Waals surface area contributed by atoms with Gasteiger partial charge in [-0.05, 0) is 41.5 Å². The number of rotatable bonds is 6. The molecule has 0 spiro atoms. The van der Waals surface area contributed by atoms with Crippen LogP contribution in [0.2, 0.25) is 5.02 Å². The number of fused-ring (bicyclic) bond motifs is 1. The average Bonchev–Trinajstić information content (AvgIpc) is 2.56. The molecule has 4 nitrogen and oxygen atoms in total. The van der Waals surface area contributed by atoms with Gasteiger partial charge in [-0.3, -0.25) is 14.9 Å². The summed E-state index contributed by atoms with van der Waals surface area (Å²) in [6.45, 7) is 2.16. The van der Waals surface area contributed by atoms with Crippen molar-refractivity contribution in [3.8, 4) is 0 Å². The summed E-state index contributed by atoms with van der Waals surface area (Å²) in [5.41, 5.74) is 3.20. The second-order valence-corrected chi connectivity index (χ2v) is 5.86. The molecule has 0 saturated heterocycles. The van der Waals surface area contributed by atoms with E-state index < -0.39 is 0 Å². The summed E-state index contributed by atoms with van der Waals surface area (Å²) in [4.78, 5) is 10.7. The molecule has 2 aromatic heterocycles. The first kappa shape index (κ1) is 15.9. The van der Waals surface area contributed by atoms with Crippen LogP contribution in [0, 0.1) is 0 Å². The van der Waals surface area contributed by atoms with Crippen molar-refractivity contribution in [3.63, 3.8) is 0 Å². The number of nitrogens with zero attached hydrogens (tertiary/aromatic N) is 3. The van der Waals surface area contributed by atoms with E-state index in [-0.39, 0.29) is 6.61 Å². The van der Waals surface area contributed by atoms with Gasteiger partial charge in [-0.1, -0.05) is 17.7 Å². The van der Waals surface area contributed by atoms with Crippen molar-refractivity contribution < 1.29 is 5.11 Å². The minimum Gasteiger partial charge on any atom is -0.395 e. The van der Waals surface area contributed by atoms with Gasteiger partial charge in [0.15, 0.2) is 0 Å². The normalized spacial score (nSPS) is 11.3. The van der Waals surface area contributed by atoms with Crippen LogP contribution >= 0.6 is 11.6 Å². The maximum Gasteiger partial charge on any atom is 0.0706 e. The molecule has 0 unspecified atom stereocenters. The quantitative estimate of drug-likeness (QED) is 0.755. The molecule has 0 bridgehead atoms. The first-order valence-corrected chi connectivity index (χ1v) is 7.89. The summed E-state index contributed by atoms with van der Waals surface area (Å²) in [5, 5.41) is 11.1. The van der Waals surface area contributed by atoms with Crippen molar-refractivity contribution in [2.45, 2.75) is 13.1 Å². The molecule has 0 aliphatic rings. The van der Waals surface area contributed by atoms with E-state index in [1.54, 1.807) is 6.20 Å². The lowest BCUT2D eigenvalue weighted by Gasteiger charge is -2.22. The Hall–Kier alpha value is -2.01. The lowest BCUT2D eigenvalue weighted by atomic mass is 10.1. The first-order valence-electron chi connectivity index (χ1n) is 7.51. The molecule has 0 amide bonds. The monoisotopic (exact) mass is 327 g/mol. The molecule has 1 aromatic carbocycles. The third kappa shape index (κ3) is 4.05. The van der Waals surface area contributed by atoms with Gasteiger partial charge >= 0.3 is 0 Å². The highest BCUT2D eigenvalue weighted by Crippen LogP contribution is 2.22. The van der Waals surface area contributed by atoms with E-state index in [4.69, 9.17) is 11.6 Å². The Morgan fingerprint density at radius 2 is 2.00 bits per heavy atom. The van der Waals surface area contributed by atoms with Gasteiger partial charge in [0.05, 0.1) is 12.1 Å². The van der Waals surface area contributed by atoms with Crippen LogP contribution in [0.25, 0.3) is 10.9 Å². The van der Waals surface area contributed by atoms with Crippen LogP contribution < -0.4 is 0 Å². The molecule has 118 valence electrons. The molecular formula is C18H18ClN3O. The van der Waals surface area contributed by atoms with Crippen LogP contribution in [0.1, 0.15) is 11.1 Å². The maximum atomic E-state index is 9.36. The fourth-order valence-electron chi connectivity index (χ4n) is 2.66. The molecule has 1 N–H and O–H groups in total. The van der Waals surface area contributed by atoms with E-state index in [0.29, 0.717) is 11.6 Å². The Morgan fingerprint density at radius 1 is 1.09 bits per heavy atom. The molecule has 0 aliphatic heterocycles. The predicted molar refractivity (Wildman–Crippen MR) is 92.2 cm³/mol. The molecule has 0 fully saturated rings. The van der Waals surface area contributed by atoms with Crippen LogP contribution in [0.3, 0.4) is 0 Å². The number of hydrogen-bond acceptors (Lipinski definition) is 4. The van der Waals surface area contributed by atoms with E-state index in [1.165, 1.54) is 0 Å². The topological polar surface area (TPSA) is 49.2 Å². The van der Waals surface area contributed by atoms with Gasteiger partial charge in [-0.2, -0.15) is 0 Å². The Balaban J connectivity index is 1.86. The maximum absolute atomic E-state index is 9.36. The highest BCUT2D eigenvalue weighted by Gasteiger charge is 2.10. The minimum atomic E-state index is 0.115. The predicted octanol–water partition coefficient (Wildman–Crippen LogP) is 3.28. The van der Waals surface area contributed by atoms with Gasteiger partial charge in [-0.25, -0.2) is 0 Å². The zero-order valence-corrected chi connectivity index (χ0v) is 13.4. The van der Waals surface area contributed by atoms with Crippen molar-refractivity contribution in [2.75, 3.05) is 13.2 Å². The largest absolute Gasteiger partial charge is 0.395 e. The SMILES string of the molecule is OCCN(Cc1cccnc1)Cc1ccnc2ccc(Cl)cc12. The second kappa shape index (κ2) is 7.51. The van der Waals surface area contributed by atoms with Crippen LogP contribution in [0.15, 0.2) is 55.0 Å². The van der Waals surface area contributed by atoms with Crippen molar-refractivity contribution in [2.24, 2.45) is 0 Å². The molecule has 3 rings (SSSR count). The number of aliphatic hydroxyl groups excluding tert-OH is 1.